The van der Waals surface area contributed by atoms with Gasteiger partial charge in [-0.15, -0.1) is 0 Å². The largest absolute Gasteiger partial charge is 1.00 e. The third kappa shape index (κ3) is 4.14. The van der Waals surface area contributed by atoms with E-state index in [1.165, 1.54) is 12.1 Å². The number of nitrogens with zero attached hydrogens (tertiary/aromatic N) is 3. The molecule has 0 radical (unpaired) electrons. The monoisotopic (exact) mass is 263 g/mol. The van der Waals surface area contributed by atoms with E-state index in [0.717, 1.165) is 12.1 Å². The summed E-state index contributed by atoms with van der Waals surface area (Å²) in [6, 6.07) is 4.99. The first kappa shape index (κ1) is 16.6. The van der Waals surface area contributed by atoms with E-state index in [-0.39, 0.29) is 18.9 Å². The van der Waals surface area contributed by atoms with Crippen molar-refractivity contribution in [1.29, 1.82) is 0 Å². The maximum absolute atomic E-state index is 11.7. The summed E-state index contributed by atoms with van der Waals surface area (Å²) in [4.78, 5) is 12.6. The van der Waals surface area contributed by atoms with E-state index < -0.39 is 25.5 Å². The Morgan fingerprint density at radius 1 is 1.33 bits per heavy atom. The second-order valence-electron chi connectivity index (χ2n) is 3.33. The van der Waals surface area contributed by atoms with Crippen LogP contribution in [0.1, 0.15) is 13.8 Å². The van der Waals surface area contributed by atoms with Crippen LogP contribution in [0.3, 0.4) is 0 Å². The molecule has 0 unspecified atom stereocenters. The van der Waals surface area contributed by atoms with Crippen LogP contribution in [0.5, 0.6) is 0 Å². The zero-order valence-electron chi connectivity index (χ0n) is 10.2. The van der Waals surface area contributed by atoms with Crippen LogP contribution in [0.4, 0.5) is 5.69 Å². The molecule has 0 aromatic heterocycles. The number of hydrogen-bond donors (Lipinski definition) is 0. The molecule has 9 heteroatoms. The van der Waals surface area contributed by atoms with Crippen LogP contribution >= 0.6 is 0 Å². The molecule has 0 spiro atoms. The first-order valence-corrected chi connectivity index (χ1v) is 6.00. The molecule has 18 heavy (non-hydrogen) atoms. The summed E-state index contributed by atoms with van der Waals surface area (Å²) >= 11 is 0. The summed E-state index contributed by atoms with van der Waals surface area (Å²) in [5, 5.41) is 14.1. The van der Waals surface area contributed by atoms with Crippen molar-refractivity contribution in [2.45, 2.75) is 18.7 Å². The Morgan fingerprint density at radius 2 is 1.89 bits per heavy atom. The normalized spacial score (nSPS) is 10.1. The van der Waals surface area contributed by atoms with Crippen LogP contribution in [0.15, 0.2) is 34.3 Å². The molecule has 0 bridgehead atoms. The molecular formula is C9H10LiN3O4S. The number of rotatable bonds is 4. The number of para-hydroxylation sites is 1. The molecule has 0 atom stereocenters. The van der Waals surface area contributed by atoms with Crippen molar-refractivity contribution in [2.75, 3.05) is 0 Å². The van der Waals surface area contributed by atoms with Gasteiger partial charge in [0.2, 0.25) is 0 Å². The summed E-state index contributed by atoms with van der Waals surface area (Å²) in [7, 11) is -4.14. The number of nitro benzene ring substituents is 1. The molecule has 0 aliphatic heterocycles. The van der Waals surface area contributed by atoms with Gasteiger partial charge in [-0.25, -0.2) is 8.42 Å². The minimum atomic E-state index is -4.14. The average Bonchev–Trinajstić information content (AvgIpc) is 2.26. The van der Waals surface area contributed by atoms with Gasteiger partial charge in [0.25, 0.3) is 5.69 Å². The van der Waals surface area contributed by atoms with Crippen molar-refractivity contribution in [3.63, 3.8) is 0 Å². The number of sulfonamides is 1. The summed E-state index contributed by atoms with van der Waals surface area (Å²) in [6.45, 7) is 3.14. The predicted molar refractivity (Wildman–Crippen MR) is 62.4 cm³/mol. The Bertz CT molecular complexity index is 567. The van der Waals surface area contributed by atoms with Gasteiger partial charge in [-0.3, -0.25) is 10.1 Å². The zero-order valence-corrected chi connectivity index (χ0v) is 11.0. The molecule has 0 heterocycles. The van der Waals surface area contributed by atoms with Gasteiger partial charge in [-0.1, -0.05) is 12.1 Å². The van der Waals surface area contributed by atoms with Gasteiger partial charge in [0.1, 0.15) is 14.9 Å². The fourth-order valence-corrected chi connectivity index (χ4v) is 2.02. The topological polar surface area (TPSA) is 104 Å². The van der Waals surface area contributed by atoms with E-state index in [1.54, 1.807) is 13.8 Å². The van der Waals surface area contributed by atoms with E-state index in [1.807, 2.05) is 0 Å². The quantitative estimate of drug-likeness (QED) is 0.302. The standard InChI is InChI=1S/C9H10N3O4S.Li/c1-7(2)10-11-17(15,16)9-6-4-3-5-8(9)12(13)14;/h3-6H,1-2H3;/q-1;+1. The molecule has 0 amide bonds. The molecule has 1 rings (SSSR count). The molecule has 92 valence electrons. The molecule has 0 aliphatic carbocycles. The van der Waals surface area contributed by atoms with Crippen molar-refractivity contribution in [3.05, 3.63) is 39.2 Å². The van der Waals surface area contributed by atoms with Crippen LogP contribution < -0.4 is 18.9 Å². The fourth-order valence-electron chi connectivity index (χ4n) is 1.01. The third-order valence-electron chi connectivity index (χ3n) is 1.69. The van der Waals surface area contributed by atoms with Gasteiger partial charge in [-0.2, -0.15) is 0 Å². The summed E-state index contributed by atoms with van der Waals surface area (Å²) in [5.74, 6) is 0. The van der Waals surface area contributed by atoms with Crippen LogP contribution in [0.25, 0.3) is 4.83 Å². The second kappa shape index (κ2) is 6.54. The predicted octanol–water partition coefficient (Wildman–Crippen LogP) is -0.943. The van der Waals surface area contributed by atoms with Crippen LogP contribution in [-0.2, 0) is 10.0 Å². The van der Waals surface area contributed by atoms with E-state index in [0.29, 0.717) is 5.71 Å². The van der Waals surface area contributed by atoms with Gasteiger partial charge in [0.05, 0.1) is 4.92 Å². The molecule has 1 aromatic rings. The van der Waals surface area contributed by atoms with E-state index in [9.17, 15) is 18.5 Å². The smallest absolute Gasteiger partial charge is 0.490 e. The maximum atomic E-state index is 11.7. The minimum absolute atomic E-state index is 0. The fraction of sp³-hybridized carbons (Fsp3) is 0.222. The SMILES string of the molecule is CC(C)=N[N-]S(=O)(=O)c1ccccc1[N+](=O)[O-].[Li+]. The average molecular weight is 263 g/mol. The minimum Gasteiger partial charge on any atom is -0.490 e. The Kier molecular flexibility index (Phi) is 6.04. The van der Waals surface area contributed by atoms with Gasteiger partial charge < -0.3 is 9.93 Å². The van der Waals surface area contributed by atoms with Gasteiger partial charge >= 0.3 is 18.9 Å². The molecular weight excluding hydrogens is 253 g/mol. The summed E-state index contributed by atoms with van der Waals surface area (Å²) < 4.78 is 23.4. The molecule has 0 N–H and O–H groups in total. The zero-order chi connectivity index (χ0) is 13.1. The van der Waals surface area contributed by atoms with Crippen LogP contribution in [0, 0.1) is 10.1 Å². The molecule has 0 fully saturated rings. The summed E-state index contributed by atoms with van der Waals surface area (Å²) in [5.41, 5.74) is -0.0765. The molecule has 0 saturated carbocycles. The Labute approximate surface area is 117 Å². The Morgan fingerprint density at radius 3 is 2.39 bits per heavy atom. The van der Waals surface area contributed by atoms with Crippen molar-refractivity contribution in [1.82, 2.24) is 0 Å². The van der Waals surface area contributed by atoms with Gasteiger partial charge in [0.15, 0.2) is 0 Å². The first-order chi connectivity index (χ1) is 7.84. The number of benzene rings is 1. The van der Waals surface area contributed by atoms with Crippen LogP contribution in [-0.4, -0.2) is 19.1 Å². The second-order valence-corrected chi connectivity index (χ2v) is 4.88. The van der Waals surface area contributed by atoms with Crippen molar-refractivity contribution < 1.29 is 32.2 Å². The summed E-state index contributed by atoms with van der Waals surface area (Å²) in [6.07, 6.45) is 0. The molecule has 7 nitrogen and oxygen atoms in total. The first-order valence-electron chi connectivity index (χ1n) is 4.56. The van der Waals surface area contributed by atoms with Crippen molar-refractivity contribution in [2.24, 2.45) is 5.10 Å². The van der Waals surface area contributed by atoms with E-state index in [4.69, 9.17) is 0 Å². The number of nitro groups is 1. The Balaban J connectivity index is 0.00000289. The number of hydrogen-bond acceptors (Lipinski definition) is 5. The maximum Gasteiger partial charge on any atom is 1.00 e. The third-order valence-corrected chi connectivity index (χ3v) is 2.89. The van der Waals surface area contributed by atoms with Crippen LogP contribution in [0.2, 0.25) is 0 Å². The van der Waals surface area contributed by atoms with Gasteiger partial charge in [-0.05, 0) is 25.6 Å². The van der Waals surface area contributed by atoms with E-state index >= 15 is 0 Å². The van der Waals surface area contributed by atoms with Crippen molar-refractivity contribution in [3.8, 4) is 0 Å². The van der Waals surface area contributed by atoms with Crippen molar-refractivity contribution >= 4 is 21.4 Å². The van der Waals surface area contributed by atoms with E-state index in [2.05, 4.69) is 9.93 Å². The molecule has 0 aliphatic rings. The molecule has 1 aromatic carbocycles. The Hall–Kier alpha value is -1.36. The van der Waals surface area contributed by atoms with Gasteiger partial charge in [0, 0.05) is 6.07 Å². The molecule has 0 saturated heterocycles.